The molecule has 0 heterocycles. The van der Waals surface area contributed by atoms with E-state index in [2.05, 4.69) is 10.1 Å². The first-order chi connectivity index (χ1) is 10.3. The molecule has 0 radical (unpaired) electrons. The van der Waals surface area contributed by atoms with Crippen molar-refractivity contribution in [1.82, 2.24) is 5.32 Å². The zero-order chi connectivity index (χ0) is 16.6. The van der Waals surface area contributed by atoms with Crippen molar-refractivity contribution < 1.29 is 28.2 Å². The summed E-state index contributed by atoms with van der Waals surface area (Å²) in [6.45, 7) is 2.25. The lowest BCUT2D eigenvalue weighted by molar-refractivity contribution is -0.204. The summed E-state index contributed by atoms with van der Waals surface area (Å²) < 4.78 is 37.7. The van der Waals surface area contributed by atoms with Crippen molar-refractivity contribution in [2.75, 3.05) is 20.3 Å². The summed E-state index contributed by atoms with van der Waals surface area (Å²) in [5.41, 5.74) is -2.02. The topological polar surface area (TPSA) is 67.8 Å². The second-order valence-corrected chi connectivity index (χ2v) is 5.89. The molecule has 1 saturated carbocycles. The summed E-state index contributed by atoms with van der Waals surface area (Å²) in [6.07, 6.45) is 1.22. The molecular formula is C15H27F2NO4. The third kappa shape index (κ3) is 5.35. The van der Waals surface area contributed by atoms with Crippen molar-refractivity contribution in [1.29, 1.82) is 0 Å². The van der Waals surface area contributed by atoms with Gasteiger partial charge in [-0.25, -0.2) is 13.6 Å². The molecule has 0 aromatic carbocycles. The number of rotatable bonds is 8. The summed E-state index contributed by atoms with van der Waals surface area (Å²) in [6, 6.07) is -0.229. The van der Waals surface area contributed by atoms with Gasteiger partial charge < -0.3 is 19.9 Å². The van der Waals surface area contributed by atoms with E-state index in [-0.39, 0.29) is 25.5 Å². The van der Waals surface area contributed by atoms with Crippen LogP contribution in [-0.4, -0.2) is 49.1 Å². The molecule has 1 aliphatic rings. The molecule has 0 aromatic rings. The molecule has 5 nitrogen and oxygen atoms in total. The van der Waals surface area contributed by atoms with Gasteiger partial charge in [0.15, 0.2) is 0 Å². The fraction of sp³-hybridized carbons (Fsp3) is 0.933. The molecule has 2 N–H and O–H groups in total. The summed E-state index contributed by atoms with van der Waals surface area (Å²) >= 11 is 0. The van der Waals surface area contributed by atoms with Crippen LogP contribution < -0.4 is 5.32 Å². The minimum Gasteiger partial charge on any atom is -0.450 e. The van der Waals surface area contributed by atoms with E-state index < -0.39 is 24.0 Å². The molecule has 1 rings (SSSR count). The molecule has 0 aliphatic heterocycles. The maximum absolute atomic E-state index is 14.0. The Kier molecular flexibility index (Phi) is 7.48. The third-order valence-electron chi connectivity index (χ3n) is 4.17. The quantitative estimate of drug-likeness (QED) is 0.674. The molecule has 0 atom stereocenters. The van der Waals surface area contributed by atoms with Crippen molar-refractivity contribution in [2.24, 2.45) is 0 Å². The third-order valence-corrected chi connectivity index (χ3v) is 4.17. The van der Waals surface area contributed by atoms with Gasteiger partial charge in [0, 0.05) is 19.6 Å². The van der Waals surface area contributed by atoms with Crippen molar-refractivity contribution in [3.05, 3.63) is 0 Å². The van der Waals surface area contributed by atoms with Crippen molar-refractivity contribution in [3.63, 3.8) is 0 Å². The van der Waals surface area contributed by atoms with Crippen molar-refractivity contribution in [3.8, 4) is 0 Å². The van der Waals surface area contributed by atoms with Crippen LogP contribution in [0.3, 0.4) is 0 Å². The Morgan fingerprint density at radius 1 is 1.36 bits per heavy atom. The van der Waals surface area contributed by atoms with Gasteiger partial charge in [0.2, 0.25) is 0 Å². The molecule has 0 saturated heterocycles. The van der Waals surface area contributed by atoms with Crippen molar-refractivity contribution in [2.45, 2.75) is 69.4 Å². The van der Waals surface area contributed by atoms with E-state index in [0.717, 1.165) is 12.8 Å². The standard InChI is InChI=1S/C15H27F2NO4/c1-3-4-10-22-13(19)18-12-5-7-14(20,8-6-12)15(16,17)9-11-21-2/h12,20H,3-11H2,1-2H3,(H,18,19). The Labute approximate surface area is 130 Å². The number of alkyl halides is 2. The number of hydrogen-bond donors (Lipinski definition) is 2. The molecule has 1 aliphatic carbocycles. The van der Waals surface area contributed by atoms with Crippen LogP contribution in [0.5, 0.6) is 0 Å². The molecule has 7 heteroatoms. The Hall–Kier alpha value is -0.950. The lowest BCUT2D eigenvalue weighted by Crippen LogP contribution is -2.53. The van der Waals surface area contributed by atoms with Gasteiger partial charge in [-0.05, 0) is 32.1 Å². The summed E-state index contributed by atoms with van der Waals surface area (Å²) in [7, 11) is 1.35. The van der Waals surface area contributed by atoms with Crippen molar-refractivity contribution >= 4 is 6.09 Å². The first-order valence-electron chi connectivity index (χ1n) is 7.87. The van der Waals surface area contributed by atoms with Crippen LogP contribution in [0.1, 0.15) is 51.9 Å². The Morgan fingerprint density at radius 3 is 2.55 bits per heavy atom. The smallest absolute Gasteiger partial charge is 0.407 e. The number of aliphatic hydroxyl groups is 1. The van der Waals surface area contributed by atoms with Gasteiger partial charge in [0.25, 0.3) is 5.92 Å². The number of carbonyl (C=O) groups is 1. The average molecular weight is 323 g/mol. The predicted octanol–water partition coefficient (Wildman–Crippen LogP) is 2.86. The number of ether oxygens (including phenoxy) is 2. The molecular weight excluding hydrogens is 296 g/mol. The average Bonchev–Trinajstić information content (AvgIpc) is 2.48. The van der Waals surface area contributed by atoms with Gasteiger partial charge in [0.1, 0.15) is 5.60 Å². The number of alkyl carbamates (subject to hydrolysis) is 1. The molecule has 1 fully saturated rings. The number of hydrogen-bond acceptors (Lipinski definition) is 4. The van der Waals surface area contributed by atoms with E-state index in [0.29, 0.717) is 19.4 Å². The first-order valence-corrected chi connectivity index (χ1v) is 7.87. The van der Waals surface area contributed by atoms with E-state index in [1.807, 2.05) is 6.92 Å². The zero-order valence-electron chi connectivity index (χ0n) is 13.4. The van der Waals surface area contributed by atoms with Gasteiger partial charge in [-0.1, -0.05) is 13.3 Å². The van der Waals surface area contributed by atoms with E-state index in [4.69, 9.17) is 4.74 Å². The monoisotopic (exact) mass is 323 g/mol. The van der Waals surface area contributed by atoms with Crippen LogP contribution in [0.4, 0.5) is 13.6 Å². The van der Waals surface area contributed by atoms with E-state index in [1.165, 1.54) is 7.11 Å². The van der Waals surface area contributed by atoms with Gasteiger partial charge in [-0.2, -0.15) is 0 Å². The Morgan fingerprint density at radius 2 is 2.00 bits per heavy atom. The van der Waals surface area contributed by atoms with Gasteiger partial charge in [-0.15, -0.1) is 0 Å². The van der Waals surface area contributed by atoms with Crippen LogP contribution in [0, 0.1) is 0 Å². The van der Waals surface area contributed by atoms with E-state index in [1.54, 1.807) is 0 Å². The molecule has 0 bridgehead atoms. The van der Waals surface area contributed by atoms with E-state index >= 15 is 0 Å². The first kappa shape index (κ1) is 19.1. The SMILES string of the molecule is CCCCOC(=O)NC1CCC(O)(C(F)(F)CCOC)CC1. The fourth-order valence-corrected chi connectivity index (χ4v) is 2.59. The molecule has 0 unspecified atom stereocenters. The van der Waals surface area contributed by atoms with Gasteiger partial charge >= 0.3 is 6.09 Å². The highest BCUT2D eigenvalue weighted by atomic mass is 19.3. The second-order valence-electron chi connectivity index (χ2n) is 5.89. The number of unbranched alkanes of at least 4 members (excludes halogenated alkanes) is 1. The highest BCUT2D eigenvalue weighted by Crippen LogP contribution is 2.42. The van der Waals surface area contributed by atoms with Crippen LogP contribution in [-0.2, 0) is 9.47 Å². The van der Waals surface area contributed by atoms with Crippen LogP contribution in [0.25, 0.3) is 0 Å². The zero-order valence-corrected chi connectivity index (χ0v) is 13.4. The minimum absolute atomic E-state index is 0.0520. The summed E-state index contributed by atoms with van der Waals surface area (Å²) in [4.78, 5) is 11.5. The van der Waals surface area contributed by atoms with Gasteiger partial charge in [-0.3, -0.25) is 0 Å². The summed E-state index contributed by atoms with van der Waals surface area (Å²) in [5.74, 6) is -3.18. The highest BCUT2D eigenvalue weighted by Gasteiger charge is 2.53. The number of methoxy groups -OCH3 is 1. The normalized spacial score (nSPS) is 25.8. The maximum atomic E-state index is 14.0. The molecule has 1 amide bonds. The lowest BCUT2D eigenvalue weighted by atomic mass is 9.77. The second kappa shape index (κ2) is 8.62. The Balaban J connectivity index is 2.40. The summed E-state index contributed by atoms with van der Waals surface area (Å²) in [5, 5.41) is 12.9. The molecule has 22 heavy (non-hydrogen) atoms. The Bertz CT molecular complexity index is 344. The minimum atomic E-state index is -3.18. The van der Waals surface area contributed by atoms with Crippen LogP contribution in [0.2, 0.25) is 0 Å². The number of halogens is 2. The molecule has 0 spiro atoms. The molecule has 130 valence electrons. The molecule has 0 aromatic heterocycles. The number of amides is 1. The number of carbonyl (C=O) groups excluding carboxylic acids is 1. The van der Waals surface area contributed by atoms with E-state index in [9.17, 15) is 18.7 Å². The van der Waals surface area contributed by atoms with Crippen LogP contribution >= 0.6 is 0 Å². The maximum Gasteiger partial charge on any atom is 0.407 e. The largest absolute Gasteiger partial charge is 0.450 e. The van der Waals surface area contributed by atoms with Gasteiger partial charge in [0.05, 0.1) is 13.2 Å². The highest BCUT2D eigenvalue weighted by molar-refractivity contribution is 5.67. The fourth-order valence-electron chi connectivity index (χ4n) is 2.59. The number of nitrogens with one attached hydrogen (secondary N) is 1. The van der Waals surface area contributed by atoms with Crippen LogP contribution in [0.15, 0.2) is 0 Å². The predicted molar refractivity (Wildman–Crippen MR) is 78.0 cm³/mol. The lowest BCUT2D eigenvalue weighted by Gasteiger charge is -2.41.